The fraction of sp³-hybridized carbons (Fsp3) is 0.500. The first kappa shape index (κ1) is 20.3. The van der Waals surface area contributed by atoms with E-state index in [4.69, 9.17) is 17.3 Å². The van der Waals surface area contributed by atoms with Gasteiger partial charge in [0.25, 0.3) is 0 Å². The average molecular weight is 434 g/mol. The molecule has 2 aromatic rings. The third kappa shape index (κ3) is 4.60. The lowest BCUT2D eigenvalue weighted by Crippen LogP contribution is -2.47. The summed E-state index contributed by atoms with van der Waals surface area (Å²) in [6.45, 7) is 2.97. The van der Waals surface area contributed by atoms with Gasteiger partial charge in [-0.25, -0.2) is 0 Å². The second-order valence-corrected chi connectivity index (χ2v) is 8.92. The molecule has 0 aliphatic carbocycles. The number of primary amides is 1. The summed E-state index contributed by atoms with van der Waals surface area (Å²) in [4.78, 5) is 28.4. The van der Waals surface area contributed by atoms with Crippen LogP contribution in [-0.2, 0) is 9.59 Å². The van der Waals surface area contributed by atoms with Crippen molar-refractivity contribution in [3.8, 4) is 0 Å². The smallest absolute Gasteiger partial charge is 0.236 e. The summed E-state index contributed by atoms with van der Waals surface area (Å²) in [7, 11) is 0. The van der Waals surface area contributed by atoms with E-state index < -0.39 is 0 Å². The highest BCUT2D eigenvalue weighted by Crippen LogP contribution is 2.39. The number of carbonyl (C=O) groups excluding carboxylic acids is 2. The fourth-order valence-corrected chi connectivity index (χ4v) is 5.07. The maximum Gasteiger partial charge on any atom is 0.236 e. The number of aromatic nitrogens is 2. The van der Waals surface area contributed by atoms with Crippen LogP contribution in [0.15, 0.2) is 29.6 Å². The van der Waals surface area contributed by atoms with Crippen molar-refractivity contribution in [2.75, 3.05) is 32.7 Å². The van der Waals surface area contributed by atoms with Gasteiger partial charge in [-0.1, -0.05) is 28.2 Å². The van der Waals surface area contributed by atoms with Gasteiger partial charge in [0.1, 0.15) is 0 Å². The number of hydrogen-bond donors (Lipinski definition) is 1. The topological polar surface area (TPSA) is 92.4 Å². The third-order valence-corrected chi connectivity index (χ3v) is 6.76. The molecule has 29 heavy (non-hydrogen) atoms. The monoisotopic (exact) mass is 433 g/mol. The Morgan fingerprint density at radius 2 is 1.93 bits per heavy atom. The molecular weight excluding hydrogens is 410 g/mol. The van der Waals surface area contributed by atoms with Crippen molar-refractivity contribution in [1.82, 2.24) is 19.4 Å². The van der Waals surface area contributed by atoms with E-state index >= 15 is 0 Å². The Kier molecular flexibility index (Phi) is 6.12. The maximum atomic E-state index is 12.9. The van der Waals surface area contributed by atoms with Gasteiger partial charge >= 0.3 is 0 Å². The highest BCUT2D eigenvalue weighted by Gasteiger charge is 2.38. The molecular formula is C20H24ClN5O2S. The predicted octanol–water partition coefficient (Wildman–Crippen LogP) is 2.10. The second kappa shape index (κ2) is 8.77. The van der Waals surface area contributed by atoms with Gasteiger partial charge in [-0.15, -0.1) is 5.10 Å². The Labute approximate surface area is 179 Å². The molecule has 2 N–H and O–H groups in total. The van der Waals surface area contributed by atoms with Crippen LogP contribution in [0.1, 0.15) is 35.9 Å². The molecule has 1 aromatic heterocycles. The molecule has 154 valence electrons. The first-order valence-corrected chi connectivity index (χ1v) is 11.0. The molecule has 2 aliphatic rings. The molecule has 0 bridgehead atoms. The fourth-order valence-electron chi connectivity index (χ4n) is 4.42. The molecule has 9 heteroatoms. The summed E-state index contributed by atoms with van der Waals surface area (Å²) in [6.07, 6.45) is 1.58. The zero-order chi connectivity index (χ0) is 20.4. The molecule has 3 atom stereocenters. The van der Waals surface area contributed by atoms with Crippen molar-refractivity contribution in [3.63, 3.8) is 0 Å². The van der Waals surface area contributed by atoms with Gasteiger partial charge in [0.2, 0.25) is 11.8 Å². The van der Waals surface area contributed by atoms with Gasteiger partial charge in [0, 0.05) is 48.4 Å². The van der Waals surface area contributed by atoms with Crippen molar-refractivity contribution in [1.29, 1.82) is 0 Å². The SMILES string of the molecule is NC(=O)[C@H]1CCCN(C(=O)CN2C[C@H](c3ccc(Cl)cc3)[C@@H](c3csnn3)C2)C1. The molecule has 0 saturated carbocycles. The van der Waals surface area contributed by atoms with E-state index in [0.29, 0.717) is 24.7 Å². The molecule has 2 saturated heterocycles. The number of hydrogen-bond acceptors (Lipinski definition) is 6. The first-order valence-electron chi connectivity index (χ1n) is 9.83. The Balaban J connectivity index is 1.46. The molecule has 3 heterocycles. The van der Waals surface area contributed by atoms with Crippen molar-refractivity contribution in [3.05, 3.63) is 45.9 Å². The third-order valence-electron chi connectivity index (χ3n) is 5.99. The van der Waals surface area contributed by atoms with Crippen LogP contribution in [0.25, 0.3) is 0 Å². The minimum Gasteiger partial charge on any atom is -0.369 e. The minimum atomic E-state index is -0.317. The van der Waals surface area contributed by atoms with Crippen LogP contribution in [0.3, 0.4) is 0 Å². The van der Waals surface area contributed by atoms with E-state index in [1.807, 2.05) is 29.6 Å². The second-order valence-electron chi connectivity index (χ2n) is 7.87. The zero-order valence-electron chi connectivity index (χ0n) is 16.0. The quantitative estimate of drug-likeness (QED) is 0.779. The van der Waals surface area contributed by atoms with Crippen LogP contribution < -0.4 is 5.73 Å². The number of piperidine rings is 1. The van der Waals surface area contributed by atoms with Crippen LogP contribution in [0.2, 0.25) is 5.02 Å². The summed E-state index contributed by atoms with van der Waals surface area (Å²) in [5.41, 5.74) is 7.61. The summed E-state index contributed by atoms with van der Waals surface area (Å²) in [5, 5.41) is 6.99. The standard InChI is InChI=1S/C20H24ClN5O2S/c21-15-5-3-13(4-6-15)16-9-25(10-17(16)18-12-29-24-23-18)11-19(27)26-7-1-2-14(8-26)20(22)28/h3-6,12,14,16-17H,1-2,7-11H2,(H2,22,28)/t14-,16+,17-/m0/s1. The van der Waals surface area contributed by atoms with E-state index in [0.717, 1.165) is 31.6 Å². The molecule has 2 aliphatic heterocycles. The van der Waals surface area contributed by atoms with Gasteiger partial charge in [-0.05, 0) is 42.1 Å². The van der Waals surface area contributed by atoms with Gasteiger partial charge in [0.05, 0.1) is 18.2 Å². The van der Waals surface area contributed by atoms with Crippen LogP contribution in [0.5, 0.6) is 0 Å². The summed E-state index contributed by atoms with van der Waals surface area (Å²) in [6, 6.07) is 7.90. The number of nitrogens with two attached hydrogens (primary N) is 1. The van der Waals surface area contributed by atoms with Gasteiger partial charge in [0.15, 0.2) is 0 Å². The Bertz CT molecular complexity index is 860. The lowest BCUT2D eigenvalue weighted by Gasteiger charge is -2.32. The van der Waals surface area contributed by atoms with Crippen molar-refractivity contribution in [2.24, 2.45) is 11.7 Å². The van der Waals surface area contributed by atoms with Gasteiger partial charge in [-0.3, -0.25) is 14.5 Å². The molecule has 2 amide bonds. The molecule has 0 unspecified atom stereocenters. The number of rotatable bonds is 5. The van der Waals surface area contributed by atoms with E-state index in [2.05, 4.69) is 14.5 Å². The summed E-state index contributed by atoms with van der Waals surface area (Å²) >= 11 is 7.40. The average Bonchev–Trinajstić information content (AvgIpc) is 3.38. The Hall–Kier alpha value is -2.03. The highest BCUT2D eigenvalue weighted by molar-refractivity contribution is 7.03. The van der Waals surface area contributed by atoms with Crippen molar-refractivity contribution < 1.29 is 9.59 Å². The lowest BCUT2D eigenvalue weighted by atomic mass is 9.87. The van der Waals surface area contributed by atoms with E-state index in [1.165, 1.54) is 17.1 Å². The highest BCUT2D eigenvalue weighted by atomic mass is 35.5. The number of carbonyl (C=O) groups is 2. The van der Waals surface area contributed by atoms with Crippen molar-refractivity contribution in [2.45, 2.75) is 24.7 Å². The Morgan fingerprint density at radius 3 is 2.62 bits per heavy atom. The molecule has 4 rings (SSSR count). The Morgan fingerprint density at radius 1 is 1.17 bits per heavy atom. The molecule has 0 radical (unpaired) electrons. The van der Waals surface area contributed by atoms with E-state index in [9.17, 15) is 9.59 Å². The number of benzene rings is 1. The molecule has 0 spiro atoms. The van der Waals surface area contributed by atoms with E-state index in [-0.39, 0.29) is 29.6 Å². The van der Waals surface area contributed by atoms with Crippen molar-refractivity contribution >= 4 is 34.9 Å². The summed E-state index contributed by atoms with van der Waals surface area (Å²) in [5.74, 6) is -0.0847. The summed E-state index contributed by atoms with van der Waals surface area (Å²) < 4.78 is 4.03. The predicted molar refractivity (Wildman–Crippen MR) is 112 cm³/mol. The number of nitrogens with zero attached hydrogens (tertiary/aromatic N) is 4. The number of amides is 2. The normalized spacial score (nSPS) is 25.3. The molecule has 7 nitrogen and oxygen atoms in total. The van der Waals surface area contributed by atoms with Crippen LogP contribution >= 0.6 is 23.1 Å². The van der Waals surface area contributed by atoms with Gasteiger partial charge in [-0.2, -0.15) is 0 Å². The zero-order valence-corrected chi connectivity index (χ0v) is 17.6. The first-order chi connectivity index (χ1) is 14.0. The minimum absolute atomic E-state index is 0.0582. The number of likely N-dealkylation sites (tertiary alicyclic amines) is 2. The van der Waals surface area contributed by atoms with Gasteiger partial charge < -0.3 is 10.6 Å². The van der Waals surface area contributed by atoms with Crippen LogP contribution in [0.4, 0.5) is 0 Å². The largest absolute Gasteiger partial charge is 0.369 e. The number of halogens is 1. The van der Waals surface area contributed by atoms with Crippen LogP contribution in [-0.4, -0.2) is 63.9 Å². The lowest BCUT2D eigenvalue weighted by molar-refractivity contribution is -0.135. The van der Waals surface area contributed by atoms with E-state index in [1.54, 1.807) is 4.90 Å². The maximum absolute atomic E-state index is 12.9. The molecule has 1 aromatic carbocycles. The van der Waals surface area contributed by atoms with Crippen LogP contribution in [0, 0.1) is 5.92 Å². The molecule has 2 fully saturated rings.